The first-order chi connectivity index (χ1) is 20.5. The van der Waals surface area contributed by atoms with E-state index >= 15 is 0 Å². The molecular formula is C31H42N4O7. The van der Waals surface area contributed by atoms with E-state index in [1.807, 2.05) is 0 Å². The molecule has 4 N–H and O–H groups in total. The SMILES string of the molecule is COC1=C(OC)C(OC)CC([C@@H]2c3cc4c(cc3C3NN(C5=CCC(OC)C=C5)C[C@H]3C2C(=O)NCCN)OCO4)C1. The smallest absolute Gasteiger partial charge is 0.231 e. The lowest BCUT2D eigenvalue weighted by molar-refractivity contribution is -0.129. The highest BCUT2D eigenvalue weighted by atomic mass is 16.7. The van der Waals surface area contributed by atoms with Crippen molar-refractivity contribution in [1.82, 2.24) is 15.8 Å². The van der Waals surface area contributed by atoms with E-state index in [4.69, 9.17) is 34.2 Å². The fraction of sp³-hybridized carbons (Fsp3) is 0.581. The van der Waals surface area contributed by atoms with E-state index in [1.54, 1.807) is 28.4 Å². The van der Waals surface area contributed by atoms with Gasteiger partial charge in [-0.1, -0.05) is 12.2 Å². The molecule has 2 heterocycles. The first kappa shape index (κ1) is 28.9. The number of ether oxygens (including phenoxy) is 6. The number of rotatable bonds is 9. The number of fused-ring (bicyclic) bond motifs is 4. The highest BCUT2D eigenvalue weighted by molar-refractivity contribution is 5.81. The molecule has 42 heavy (non-hydrogen) atoms. The Hall–Kier alpha value is -3.25. The highest BCUT2D eigenvalue weighted by Gasteiger charge is 2.54. The van der Waals surface area contributed by atoms with Crippen LogP contribution in [0.2, 0.25) is 0 Å². The van der Waals surface area contributed by atoms with Crippen LogP contribution in [0, 0.1) is 17.8 Å². The Morgan fingerprint density at radius 1 is 1.12 bits per heavy atom. The number of nitrogens with zero attached hydrogens (tertiary/aromatic N) is 1. The van der Waals surface area contributed by atoms with Crippen LogP contribution >= 0.6 is 0 Å². The van der Waals surface area contributed by atoms with Gasteiger partial charge in [0.1, 0.15) is 11.9 Å². The van der Waals surface area contributed by atoms with Gasteiger partial charge in [0.15, 0.2) is 17.3 Å². The van der Waals surface area contributed by atoms with Gasteiger partial charge >= 0.3 is 0 Å². The number of amides is 1. The van der Waals surface area contributed by atoms with Crippen LogP contribution in [0.3, 0.4) is 0 Å². The molecular weight excluding hydrogens is 540 g/mol. The average Bonchev–Trinajstić information content (AvgIpc) is 3.68. The fourth-order valence-electron chi connectivity index (χ4n) is 7.50. The summed E-state index contributed by atoms with van der Waals surface area (Å²) in [7, 11) is 6.72. The van der Waals surface area contributed by atoms with E-state index in [2.05, 4.69) is 46.1 Å². The van der Waals surface area contributed by atoms with Crippen LogP contribution in [0.5, 0.6) is 11.5 Å². The molecule has 0 radical (unpaired) electrons. The number of hydrogen-bond donors (Lipinski definition) is 3. The van der Waals surface area contributed by atoms with Crippen molar-refractivity contribution in [2.45, 2.75) is 43.4 Å². The maximum absolute atomic E-state index is 14.2. The number of carbonyl (C=O) groups is 1. The van der Waals surface area contributed by atoms with Gasteiger partial charge in [-0.3, -0.25) is 4.79 Å². The summed E-state index contributed by atoms with van der Waals surface area (Å²) < 4.78 is 34.6. The number of benzene rings is 1. The van der Waals surface area contributed by atoms with E-state index < -0.39 is 0 Å². The van der Waals surface area contributed by atoms with E-state index in [-0.39, 0.29) is 54.6 Å². The lowest BCUT2D eigenvalue weighted by Gasteiger charge is -2.45. The second kappa shape index (κ2) is 12.2. The van der Waals surface area contributed by atoms with Gasteiger partial charge in [0.2, 0.25) is 12.7 Å². The predicted molar refractivity (Wildman–Crippen MR) is 154 cm³/mol. The zero-order chi connectivity index (χ0) is 29.4. The molecule has 0 saturated carbocycles. The number of methoxy groups -OCH3 is 4. The van der Waals surface area contributed by atoms with Gasteiger partial charge in [0.05, 0.1) is 32.3 Å². The van der Waals surface area contributed by atoms with E-state index in [1.165, 1.54) is 0 Å². The molecule has 2 aliphatic heterocycles. The minimum atomic E-state index is -0.337. The second-order valence-corrected chi connectivity index (χ2v) is 11.5. The minimum absolute atomic E-state index is 0.00878. The molecule has 1 saturated heterocycles. The minimum Gasteiger partial charge on any atom is -0.497 e. The largest absolute Gasteiger partial charge is 0.497 e. The van der Waals surface area contributed by atoms with Gasteiger partial charge in [-0.15, -0.1) is 0 Å². The summed E-state index contributed by atoms with van der Waals surface area (Å²) in [6, 6.07) is 4.09. The van der Waals surface area contributed by atoms with E-state index in [0.29, 0.717) is 44.0 Å². The molecule has 11 nitrogen and oxygen atoms in total. The molecule has 0 spiro atoms. The Balaban J connectivity index is 1.44. The van der Waals surface area contributed by atoms with Crippen molar-refractivity contribution in [2.75, 3.05) is 54.9 Å². The second-order valence-electron chi connectivity index (χ2n) is 11.5. The highest BCUT2D eigenvalue weighted by Crippen LogP contribution is 2.56. The molecule has 1 aromatic carbocycles. The molecule has 3 aliphatic carbocycles. The molecule has 1 amide bonds. The van der Waals surface area contributed by atoms with Gasteiger partial charge in [0, 0.05) is 51.9 Å². The van der Waals surface area contributed by atoms with Crippen LogP contribution in [0.1, 0.15) is 42.3 Å². The van der Waals surface area contributed by atoms with Crippen LogP contribution in [0.4, 0.5) is 0 Å². The average molecular weight is 583 g/mol. The topological polar surface area (TPSA) is 126 Å². The van der Waals surface area contributed by atoms with E-state index in [9.17, 15) is 4.79 Å². The number of nitrogens with one attached hydrogen (secondary N) is 2. The first-order valence-electron chi connectivity index (χ1n) is 14.7. The monoisotopic (exact) mass is 582 g/mol. The number of carbonyl (C=O) groups excluding carboxylic acids is 1. The molecule has 1 aromatic rings. The van der Waals surface area contributed by atoms with Crippen molar-refractivity contribution in [2.24, 2.45) is 23.5 Å². The zero-order valence-electron chi connectivity index (χ0n) is 24.8. The Labute approximate surface area is 246 Å². The van der Waals surface area contributed by atoms with Crippen molar-refractivity contribution in [3.05, 3.63) is 58.7 Å². The molecule has 11 heteroatoms. The van der Waals surface area contributed by atoms with Crippen LogP contribution in [-0.4, -0.2) is 78.0 Å². The van der Waals surface area contributed by atoms with Gasteiger partial charge in [-0.2, -0.15) is 0 Å². The summed E-state index contributed by atoms with van der Waals surface area (Å²) >= 11 is 0. The third kappa shape index (κ3) is 5.02. The Kier molecular flexibility index (Phi) is 8.35. The molecule has 228 valence electrons. The normalized spacial score (nSPS) is 31.4. The number of hydrazine groups is 1. The molecule has 0 bridgehead atoms. The van der Waals surface area contributed by atoms with Crippen LogP contribution in [-0.2, 0) is 23.7 Å². The van der Waals surface area contributed by atoms with Crippen molar-refractivity contribution >= 4 is 5.91 Å². The Morgan fingerprint density at radius 3 is 2.55 bits per heavy atom. The summed E-state index contributed by atoms with van der Waals surface area (Å²) in [5.74, 6) is 2.46. The maximum Gasteiger partial charge on any atom is 0.231 e. The summed E-state index contributed by atoms with van der Waals surface area (Å²) in [5.41, 5.74) is 12.9. The summed E-state index contributed by atoms with van der Waals surface area (Å²) in [6.45, 7) is 1.63. The Morgan fingerprint density at radius 2 is 1.90 bits per heavy atom. The number of nitrogens with two attached hydrogens (primary N) is 1. The van der Waals surface area contributed by atoms with Crippen molar-refractivity contribution in [3.63, 3.8) is 0 Å². The lowest BCUT2D eigenvalue weighted by Crippen LogP contribution is -2.48. The molecule has 0 aromatic heterocycles. The molecule has 7 atom stereocenters. The summed E-state index contributed by atoms with van der Waals surface area (Å²) in [5, 5.41) is 5.32. The van der Waals surface area contributed by atoms with Crippen LogP contribution in [0.25, 0.3) is 0 Å². The summed E-state index contributed by atoms with van der Waals surface area (Å²) in [4.78, 5) is 14.2. The third-order valence-corrected chi connectivity index (χ3v) is 9.43. The van der Waals surface area contributed by atoms with Crippen molar-refractivity contribution in [3.8, 4) is 11.5 Å². The van der Waals surface area contributed by atoms with Crippen LogP contribution in [0.15, 0.2) is 47.6 Å². The van der Waals surface area contributed by atoms with Crippen LogP contribution < -0.4 is 25.9 Å². The van der Waals surface area contributed by atoms with Gasteiger partial charge in [-0.05, 0) is 54.0 Å². The van der Waals surface area contributed by atoms with Gasteiger partial charge < -0.3 is 44.5 Å². The van der Waals surface area contributed by atoms with Crippen molar-refractivity contribution < 1.29 is 33.2 Å². The number of hydrogen-bond acceptors (Lipinski definition) is 10. The van der Waals surface area contributed by atoms with Crippen molar-refractivity contribution in [1.29, 1.82) is 0 Å². The fourth-order valence-corrected chi connectivity index (χ4v) is 7.50. The Bertz CT molecular complexity index is 1280. The van der Waals surface area contributed by atoms with Gasteiger partial charge in [-0.25, -0.2) is 5.43 Å². The summed E-state index contributed by atoms with van der Waals surface area (Å²) in [6.07, 6.45) is 8.25. The predicted octanol–water partition coefficient (Wildman–Crippen LogP) is 2.47. The first-order valence-corrected chi connectivity index (χ1v) is 14.7. The quantitative estimate of drug-likeness (QED) is 0.400. The zero-order valence-corrected chi connectivity index (χ0v) is 24.8. The molecule has 5 aliphatic rings. The maximum atomic E-state index is 14.2. The lowest BCUT2D eigenvalue weighted by atomic mass is 9.60. The van der Waals surface area contributed by atoms with Gasteiger partial charge in [0.25, 0.3) is 0 Å². The molecule has 5 unspecified atom stereocenters. The third-order valence-electron chi connectivity index (χ3n) is 9.43. The molecule has 1 fully saturated rings. The number of allylic oxidation sites excluding steroid dienone is 2. The standard InChI is InChI=1S/C31H42N4O7/c1-37-19-7-5-18(6-8-19)35-15-22-28(31(36)33-10-9-32)27(17-11-25(38-2)30(40-4)26(12-17)39-3)20-13-23-24(42-16-41-23)14-21(20)29(22)34-35/h5-7,13-14,17,19,22,25,27-29,34H,8-12,15-16,32H2,1-4H3,(H,33,36)/t17?,19?,22-,25?,27+,28?,29?/m0/s1. The van der Waals surface area contributed by atoms with E-state index in [0.717, 1.165) is 34.8 Å². The molecule has 6 rings (SSSR count).